The number of hydrogen-bond acceptors (Lipinski definition) is 2. The summed E-state index contributed by atoms with van der Waals surface area (Å²) in [6.45, 7) is 3.41. The Balaban J connectivity index is 1.66. The summed E-state index contributed by atoms with van der Waals surface area (Å²) in [6.07, 6.45) is 2.62. The first-order chi connectivity index (χ1) is 10.5. The van der Waals surface area contributed by atoms with Gasteiger partial charge in [-0.25, -0.2) is 8.78 Å². The van der Waals surface area contributed by atoms with Crippen molar-refractivity contribution in [3.63, 3.8) is 0 Å². The quantitative estimate of drug-likeness (QED) is 0.933. The van der Waals surface area contributed by atoms with Gasteiger partial charge in [-0.05, 0) is 61.8 Å². The monoisotopic (exact) mass is 308 g/mol. The Hall–Kier alpha value is -1.49. The summed E-state index contributed by atoms with van der Waals surface area (Å²) in [7, 11) is 0. The van der Waals surface area contributed by atoms with Crippen molar-refractivity contribution in [3.8, 4) is 0 Å². The van der Waals surface area contributed by atoms with Gasteiger partial charge >= 0.3 is 0 Å². The first kappa shape index (κ1) is 15.4. The molecule has 2 aliphatic rings. The van der Waals surface area contributed by atoms with Gasteiger partial charge in [0.15, 0.2) is 0 Å². The zero-order valence-corrected chi connectivity index (χ0v) is 12.8. The number of amides is 1. The van der Waals surface area contributed by atoms with E-state index in [0.29, 0.717) is 24.4 Å². The van der Waals surface area contributed by atoms with Gasteiger partial charge in [0.2, 0.25) is 5.91 Å². The largest absolute Gasteiger partial charge is 0.342 e. The van der Waals surface area contributed by atoms with Crippen LogP contribution in [0.15, 0.2) is 18.2 Å². The van der Waals surface area contributed by atoms with E-state index < -0.39 is 11.6 Å². The number of rotatable bonds is 3. The standard InChI is InChI=1S/C17H22F2N2O/c1-10(20)11-3-2-6-21(9-11)17(22)15-8-13(15)14-7-12(18)4-5-16(14)19/h4-5,7,10-11,13,15H,2-3,6,8-9,20H2,1H3/t10-,11+,13+,15+/m0/s1. The summed E-state index contributed by atoms with van der Waals surface area (Å²) < 4.78 is 27.1. The molecule has 0 unspecified atom stereocenters. The Morgan fingerprint density at radius 3 is 2.91 bits per heavy atom. The first-order valence-corrected chi connectivity index (χ1v) is 7.96. The number of nitrogens with zero attached hydrogens (tertiary/aromatic N) is 1. The molecule has 3 rings (SSSR count). The van der Waals surface area contributed by atoms with Gasteiger partial charge in [-0.3, -0.25) is 4.79 Å². The SMILES string of the molecule is C[C@H](N)[C@@H]1CCCN(C(=O)[C@@H]2C[C@@H]2c2cc(F)ccc2F)C1. The lowest BCUT2D eigenvalue weighted by atomic mass is 9.92. The first-order valence-electron chi connectivity index (χ1n) is 7.96. The van der Waals surface area contributed by atoms with Gasteiger partial charge in [-0.1, -0.05) is 0 Å². The van der Waals surface area contributed by atoms with E-state index in [0.717, 1.165) is 31.5 Å². The van der Waals surface area contributed by atoms with E-state index in [1.807, 2.05) is 11.8 Å². The van der Waals surface area contributed by atoms with E-state index in [2.05, 4.69) is 0 Å². The Kier molecular flexibility index (Phi) is 4.17. The topological polar surface area (TPSA) is 46.3 Å². The minimum atomic E-state index is -0.454. The number of carbonyl (C=O) groups excluding carboxylic acids is 1. The van der Waals surface area contributed by atoms with Crippen LogP contribution in [0.25, 0.3) is 0 Å². The minimum Gasteiger partial charge on any atom is -0.342 e. The Morgan fingerprint density at radius 2 is 2.18 bits per heavy atom. The van der Waals surface area contributed by atoms with Crippen LogP contribution in [0.1, 0.15) is 37.7 Å². The van der Waals surface area contributed by atoms with Crippen LogP contribution in [-0.4, -0.2) is 29.9 Å². The van der Waals surface area contributed by atoms with E-state index in [9.17, 15) is 13.6 Å². The summed E-state index contributed by atoms with van der Waals surface area (Å²) in [6, 6.07) is 3.54. The van der Waals surface area contributed by atoms with E-state index >= 15 is 0 Å². The van der Waals surface area contributed by atoms with Gasteiger partial charge in [0, 0.05) is 25.0 Å². The lowest BCUT2D eigenvalue weighted by molar-refractivity contribution is -0.134. The fraction of sp³-hybridized carbons (Fsp3) is 0.588. The highest BCUT2D eigenvalue weighted by Gasteiger charge is 2.47. The summed E-state index contributed by atoms with van der Waals surface area (Å²) in [4.78, 5) is 14.4. The Morgan fingerprint density at radius 1 is 1.41 bits per heavy atom. The molecule has 0 spiro atoms. The van der Waals surface area contributed by atoms with Crippen molar-refractivity contribution < 1.29 is 13.6 Å². The maximum Gasteiger partial charge on any atom is 0.226 e. The number of carbonyl (C=O) groups is 1. The number of piperidine rings is 1. The van der Waals surface area contributed by atoms with Gasteiger partial charge in [0.1, 0.15) is 11.6 Å². The molecule has 1 amide bonds. The molecule has 1 aliphatic carbocycles. The van der Waals surface area contributed by atoms with Crippen LogP contribution >= 0.6 is 0 Å². The van der Waals surface area contributed by atoms with Crippen LogP contribution in [0.4, 0.5) is 8.78 Å². The van der Waals surface area contributed by atoms with Crippen LogP contribution in [-0.2, 0) is 4.79 Å². The highest BCUT2D eigenvalue weighted by atomic mass is 19.1. The van der Waals surface area contributed by atoms with Crippen LogP contribution < -0.4 is 5.73 Å². The van der Waals surface area contributed by atoms with Crippen molar-refractivity contribution in [2.75, 3.05) is 13.1 Å². The fourth-order valence-electron chi connectivity index (χ4n) is 3.48. The summed E-state index contributed by atoms with van der Waals surface area (Å²) in [5.41, 5.74) is 6.28. The molecule has 1 aliphatic heterocycles. The van der Waals surface area contributed by atoms with Gasteiger partial charge < -0.3 is 10.6 Å². The molecule has 4 atom stereocenters. The third-order valence-electron chi connectivity index (χ3n) is 4.98. The predicted molar refractivity (Wildman–Crippen MR) is 80.2 cm³/mol. The van der Waals surface area contributed by atoms with Gasteiger partial charge in [-0.2, -0.15) is 0 Å². The third kappa shape index (κ3) is 3.00. The number of halogens is 2. The molecule has 1 aromatic carbocycles. The molecule has 1 aromatic rings. The minimum absolute atomic E-state index is 0.0685. The normalized spacial score (nSPS) is 29.3. The molecule has 120 valence electrons. The van der Waals surface area contributed by atoms with Crippen LogP contribution in [0.5, 0.6) is 0 Å². The molecule has 2 N–H and O–H groups in total. The molecule has 0 aromatic heterocycles. The van der Waals surface area contributed by atoms with Crippen molar-refractivity contribution >= 4 is 5.91 Å². The maximum atomic E-state index is 13.8. The molecule has 0 bridgehead atoms. The van der Waals surface area contributed by atoms with E-state index in [-0.39, 0.29) is 23.8 Å². The zero-order chi connectivity index (χ0) is 15.9. The molecule has 0 radical (unpaired) electrons. The second-order valence-electron chi connectivity index (χ2n) is 6.66. The molecule has 3 nitrogen and oxygen atoms in total. The number of hydrogen-bond donors (Lipinski definition) is 1. The van der Waals surface area contributed by atoms with Crippen LogP contribution in [0, 0.1) is 23.5 Å². The van der Waals surface area contributed by atoms with Gasteiger partial charge in [-0.15, -0.1) is 0 Å². The molecule has 1 saturated heterocycles. The van der Waals surface area contributed by atoms with E-state index in [1.54, 1.807) is 0 Å². The highest BCUT2D eigenvalue weighted by molar-refractivity contribution is 5.83. The Labute approximate surface area is 129 Å². The summed E-state index contributed by atoms with van der Waals surface area (Å²) in [5, 5.41) is 0. The second kappa shape index (κ2) is 5.95. The lowest BCUT2D eigenvalue weighted by Gasteiger charge is -2.34. The third-order valence-corrected chi connectivity index (χ3v) is 4.98. The predicted octanol–water partition coefficient (Wildman–Crippen LogP) is 2.65. The number of likely N-dealkylation sites (tertiary alicyclic amines) is 1. The fourth-order valence-corrected chi connectivity index (χ4v) is 3.48. The molecule has 1 heterocycles. The summed E-state index contributed by atoms with van der Waals surface area (Å²) in [5.74, 6) is -0.861. The lowest BCUT2D eigenvalue weighted by Crippen LogP contribution is -2.45. The Bertz CT molecular complexity index is 576. The second-order valence-corrected chi connectivity index (χ2v) is 6.66. The average Bonchev–Trinajstić information content (AvgIpc) is 3.29. The van der Waals surface area contributed by atoms with Crippen LogP contribution in [0.2, 0.25) is 0 Å². The maximum absolute atomic E-state index is 13.8. The van der Waals surface area contributed by atoms with Crippen molar-refractivity contribution in [1.29, 1.82) is 0 Å². The summed E-state index contributed by atoms with van der Waals surface area (Å²) >= 11 is 0. The number of nitrogens with two attached hydrogens (primary N) is 1. The highest BCUT2D eigenvalue weighted by Crippen LogP contribution is 2.49. The smallest absolute Gasteiger partial charge is 0.226 e. The van der Waals surface area contributed by atoms with E-state index in [1.165, 1.54) is 6.07 Å². The molecule has 2 fully saturated rings. The van der Waals surface area contributed by atoms with Crippen molar-refractivity contribution in [3.05, 3.63) is 35.4 Å². The van der Waals surface area contributed by atoms with Crippen molar-refractivity contribution in [2.45, 2.75) is 38.1 Å². The average molecular weight is 308 g/mol. The van der Waals surface area contributed by atoms with E-state index in [4.69, 9.17) is 5.73 Å². The molecular formula is C17H22F2N2O. The van der Waals surface area contributed by atoms with Gasteiger partial charge in [0.25, 0.3) is 0 Å². The van der Waals surface area contributed by atoms with Crippen molar-refractivity contribution in [2.24, 2.45) is 17.6 Å². The van der Waals surface area contributed by atoms with Crippen molar-refractivity contribution in [1.82, 2.24) is 4.90 Å². The van der Waals surface area contributed by atoms with Gasteiger partial charge in [0.05, 0.1) is 0 Å². The zero-order valence-electron chi connectivity index (χ0n) is 12.8. The molecule has 1 saturated carbocycles. The van der Waals surface area contributed by atoms with Crippen LogP contribution in [0.3, 0.4) is 0 Å². The molecule has 22 heavy (non-hydrogen) atoms. The molecular weight excluding hydrogens is 286 g/mol. The molecule has 5 heteroatoms. The number of benzene rings is 1.